The molecule has 2 aromatic rings. The molecule has 0 saturated carbocycles. The van der Waals surface area contributed by atoms with Crippen molar-refractivity contribution in [3.05, 3.63) is 59.7 Å². The average Bonchev–Trinajstić information content (AvgIpc) is 3.10. The van der Waals surface area contributed by atoms with E-state index in [2.05, 4.69) is 16.6 Å². The number of hydrogen-bond donors (Lipinski definition) is 3. The van der Waals surface area contributed by atoms with Gasteiger partial charge in [-0.2, -0.15) is 0 Å². The third-order valence-corrected chi connectivity index (χ3v) is 5.44. The summed E-state index contributed by atoms with van der Waals surface area (Å²) in [5, 5.41) is 14.2. The number of ether oxygens (including phenoxy) is 1. The van der Waals surface area contributed by atoms with Crippen LogP contribution in [0.5, 0.6) is 0 Å². The first-order valence-electron chi connectivity index (χ1n) is 10.5. The van der Waals surface area contributed by atoms with Crippen LogP contribution in [0.3, 0.4) is 0 Å². The highest BCUT2D eigenvalue weighted by atomic mass is 16.5. The molecule has 172 valence electrons. The molecule has 0 bridgehead atoms. The summed E-state index contributed by atoms with van der Waals surface area (Å²) in [5.74, 6) is 0.213. The molecule has 8 heteroatoms. The first-order chi connectivity index (χ1) is 15.8. The number of carboxylic acid groups (broad SMARTS) is 1. The number of fused-ring (bicyclic) bond motifs is 3. The van der Waals surface area contributed by atoms with Gasteiger partial charge >= 0.3 is 12.1 Å². The largest absolute Gasteiger partial charge is 0.480 e. The van der Waals surface area contributed by atoms with E-state index in [-0.39, 0.29) is 25.5 Å². The fraction of sp³-hybridized carbons (Fsp3) is 0.320. The number of amides is 2. The summed E-state index contributed by atoms with van der Waals surface area (Å²) in [4.78, 5) is 38.2. The molecular formula is C25H27N3O5. The molecule has 3 N–H and O–H groups in total. The van der Waals surface area contributed by atoms with E-state index in [9.17, 15) is 19.5 Å². The maximum Gasteiger partial charge on any atom is 0.407 e. The van der Waals surface area contributed by atoms with Crippen LogP contribution in [-0.2, 0) is 14.3 Å². The van der Waals surface area contributed by atoms with E-state index in [4.69, 9.17) is 11.2 Å². The van der Waals surface area contributed by atoms with Crippen molar-refractivity contribution < 1.29 is 24.2 Å². The zero-order valence-corrected chi connectivity index (χ0v) is 18.6. The predicted molar refractivity (Wildman–Crippen MR) is 124 cm³/mol. The minimum absolute atomic E-state index is 0.102. The van der Waals surface area contributed by atoms with Crippen molar-refractivity contribution in [2.45, 2.75) is 24.4 Å². The van der Waals surface area contributed by atoms with E-state index < -0.39 is 30.1 Å². The Morgan fingerprint density at radius 1 is 1.03 bits per heavy atom. The maximum atomic E-state index is 12.7. The minimum atomic E-state index is -1.24. The van der Waals surface area contributed by atoms with Gasteiger partial charge < -0.3 is 25.4 Å². The molecular weight excluding hydrogens is 422 g/mol. The number of carboxylic acids is 1. The molecule has 0 fully saturated rings. The van der Waals surface area contributed by atoms with Crippen molar-refractivity contribution >= 4 is 18.0 Å². The maximum absolute atomic E-state index is 12.7. The van der Waals surface area contributed by atoms with Gasteiger partial charge in [0.15, 0.2) is 0 Å². The quantitative estimate of drug-likeness (QED) is 0.506. The lowest BCUT2D eigenvalue weighted by atomic mass is 9.98. The van der Waals surface area contributed by atoms with Gasteiger partial charge in [0.05, 0.1) is 0 Å². The van der Waals surface area contributed by atoms with Crippen molar-refractivity contribution in [1.82, 2.24) is 15.5 Å². The highest BCUT2D eigenvalue weighted by Gasteiger charge is 2.30. The van der Waals surface area contributed by atoms with Gasteiger partial charge in [-0.15, -0.1) is 12.3 Å². The summed E-state index contributed by atoms with van der Waals surface area (Å²) in [6.45, 7) is 0.253. The third kappa shape index (κ3) is 5.70. The number of hydrogen-bond acceptors (Lipinski definition) is 5. The molecule has 0 heterocycles. The molecule has 2 aromatic carbocycles. The number of benzene rings is 2. The summed E-state index contributed by atoms with van der Waals surface area (Å²) in [6, 6.07) is 13.7. The van der Waals surface area contributed by atoms with Gasteiger partial charge in [0.2, 0.25) is 5.91 Å². The van der Waals surface area contributed by atoms with Crippen molar-refractivity contribution in [1.29, 1.82) is 0 Å². The average molecular weight is 450 g/mol. The first kappa shape index (κ1) is 23.8. The second-order valence-corrected chi connectivity index (χ2v) is 8.09. The fourth-order valence-electron chi connectivity index (χ4n) is 3.93. The van der Waals surface area contributed by atoms with Gasteiger partial charge in [0, 0.05) is 18.9 Å². The summed E-state index contributed by atoms with van der Waals surface area (Å²) in [7, 11) is 3.46. The second kappa shape index (κ2) is 10.7. The van der Waals surface area contributed by atoms with E-state index >= 15 is 0 Å². The Bertz CT molecular complexity index is 1030. The molecule has 0 aliphatic heterocycles. The fourth-order valence-corrected chi connectivity index (χ4v) is 3.93. The van der Waals surface area contributed by atoms with Crippen molar-refractivity contribution in [3.63, 3.8) is 0 Å². The molecule has 0 spiro atoms. The molecule has 0 saturated heterocycles. The molecule has 2 amide bonds. The smallest absolute Gasteiger partial charge is 0.407 e. The lowest BCUT2D eigenvalue weighted by Gasteiger charge is -2.23. The summed E-state index contributed by atoms with van der Waals surface area (Å²) in [6.07, 6.45) is 4.26. The topological polar surface area (TPSA) is 108 Å². The van der Waals surface area contributed by atoms with Crippen LogP contribution >= 0.6 is 0 Å². The van der Waals surface area contributed by atoms with Gasteiger partial charge in [-0.05, 0) is 36.3 Å². The SMILES string of the molecule is C#CCC(NC(=O)[C@H](CN(C)C)NC(=O)OCC1c2ccccc2-c2ccccc21)C(=O)O. The Kier molecular flexibility index (Phi) is 7.70. The normalized spacial score (nSPS) is 13.9. The number of nitrogens with zero attached hydrogens (tertiary/aromatic N) is 1. The Balaban J connectivity index is 1.67. The zero-order valence-electron chi connectivity index (χ0n) is 18.6. The van der Waals surface area contributed by atoms with E-state index in [1.807, 2.05) is 48.5 Å². The van der Waals surface area contributed by atoms with Crippen LogP contribution in [-0.4, -0.2) is 67.3 Å². The summed E-state index contributed by atoms with van der Waals surface area (Å²) < 4.78 is 5.50. The molecule has 3 rings (SSSR count). The van der Waals surface area contributed by atoms with Crippen LogP contribution < -0.4 is 10.6 Å². The van der Waals surface area contributed by atoms with E-state index in [1.54, 1.807) is 19.0 Å². The van der Waals surface area contributed by atoms with Crippen LogP contribution in [0.1, 0.15) is 23.5 Å². The van der Waals surface area contributed by atoms with Crippen molar-refractivity contribution in [2.75, 3.05) is 27.2 Å². The Morgan fingerprint density at radius 2 is 1.61 bits per heavy atom. The van der Waals surface area contributed by atoms with Gasteiger partial charge in [0.1, 0.15) is 18.7 Å². The number of rotatable bonds is 9. The Labute approximate surface area is 192 Å². The summed E-state index contributed by atoms with van der Waals surface area (Å²) >= 11 is 0. The van der Waals surface area contributed by atoms with Gasteiger partial charge in [-0.3, -0.25) is 4.79 Å². The third-order valence-electron chi connectivity index (χ3n) is 5.44. The number of terminal acetylenes is 1. The van der Waals surface area contributed by atoms with Crippen LogP contribution in [0, 0.1) is 12.3 Å². The van der Waals surface area contributed by atoms with Crippen molar-refractivity contribution in [2.24, 2.45) is 0 Å². The van der Waals surface area contributed by atoms with Gasteiger partial charge in [-0.1, -0.05) is 48.5 Å². The number of likely N-dealkylation sites (N-methyl/N-ethyl adjacent to an activating group) is 1. The number of nitrogens with one attached hydrogen (secondary N) is 2. The van der Waals surface area contributed by atoms with Crippen LogP contribution in [0.2, 0.25) is 0 Å². The molecule has 1 unspecified atom stereocenters. The number of alkyl carbamates (subject to hydrolysis) is 1. The monoisotopic (exact) mass is 449 g/mol. The van der Waals surface area contributed by atoms with Crippen LogP contribution in [0.15, 0.2) is 48.5 Å². The molecule has 0 radical (unpaired) electrons. The highest BCUT2D eigenvalue weighted by molar-refractivity contribution is 5.89. The van der Waals surface area contributed by atoms with E-state index in [0.29, 0.717) is 0 Å². The number of aliphatic carboxylic acids is 1. The van der Waals surface area contributed by atoms with E-state index in [1.165, 1.54) is 0 Å². The highest BCUT2D eigenvalue weighted by Crippen LogP contribution is 2.44. The predicted octanol–water partition coefficient (Wildman–Crippen LogP) is 2.05. The Hall–Kier alpha value is -3.83. The molecule has 33 heavy (non-hydrogen) atoms. The van der Waals surface area contributed by atoms with E-state index in [0.717, 1.165) is 22.3 Å². The summed E-state index contributed by atoms with van der Waals surface area (Å²) in [5.41, 5.74) is 4.38. The zero-order chi connectivity index (χ0) is 24.0. The lowest BCUT2D eigenvalue weighted by molar-refractivity contribution is -0.142. The van der Waals surface area contributed by atoms with Gasteiger partial charge in [0.25, 0.3) is 0 Å². The molecule has 1 aliphatic rings. The molecule has 0 aromatic heterocycles. The number of carbonyl (C=O) groups is 3. The van der Waals surface area contributed by atoms with Crippen LogP contribution in [0.25, 0.3) is 11.1 Å². The Morgan fingerprint density at radius 3 is 2.12 bits per heavy atom. The molecule has 2 atom stereocenters. The first-order valence-corrected chi connectivity index (χ1v) is 10.5. The second-order valence-electron chi connectivity index (χ2n) is 8.09. The minimum Gasteiger partial charge on any atom is -0.480 e. The standard InChI is InChI=1S/C25H27N3O5/c1-4-9-21(24(30)31)26-23(29)22(14-28(2)3)27-25(32)33-15-20-18-12-7-5-10-16(18)17-11-6-8-13-19(17)20/h1,5-8,10-13,20-22H,9,14-15H2,2-3H3,(H,26,29)(H,27,32)(H,30,31)/t21?,22-/m0/s1. The van der Waals surface area contributed by atoms with Crippen molar-refractivity contribution in [3.8, 4) is 23.5 Å². The number of carbonyl (C=O) groups excluding carboxylic acids is 2. The molecule has 1 aliphatic carbocycles. The lowest BCUT2D eigenvalue weighted by Crippen LogP contribution is -2.55. The molecule has 8 nitrogen and oxygen atoms in total. The van der Waals surface area contributed by atoms with Crippen LogP contribution in [0.4, 0.5) is 4.79 Å². The van der Waals surface area contributed by atoms with Gasteiger partial charge in [-0.25, -0.2) is 9.59 Å².